The fourth-order valence-corrected chi connectivity index (χ4v) is 9.14. The van der Waals surface area contributed by atoms with Gasteiger partial charge in [-0.25, -0.2) is 9.78 Å². The van der Waals surface area contributed by atoms with Gasteiger partial charge in [0.1, 0.15) is 23.9 Å². The lowest BCUT2D eigenvalue weighted by atomic mass is 9.81. The van der Waals surface area contributed by atoms with E-state index in [1.54, 1.807) is 9.80 Å². The number of nitrogens with two attached hydrogens (primary N) is 1. The number of ether oxygens (including phenoxy) is 1. The predicted octanol–water partition coefficient (Wildman–Crippen LogP) is 5.36. The second-order valence-corrected chi connectivity index (χ2v) is 16.0. The largest absolute Gasteiger partial charge is 0.378 e. The van der Waals surface area contributed by atoms with E-state index in [0.717, 1.165) is 73.2 Å². The van der Waals surface area contributed by atoms with Gasteiger partial charge in [0.25, 0.3) is 0 Å². The van der Waals surface area contributed by atoms with Gasteiger partial charge in [-0.2, -0.15) is 0 Å². The molecule has 1 saturated carbocycles. The van der Waals surface area contributed by atoms with E-state index in [4.69, 9.17) is 15.5 Å². The van der Waals surface area contributed by atoms with E-state index >= 15 is 0 Å². The van der Waals surface area contributed by atoms with Crippen LogP contribution in [0.25, 0.3) is 11.3 Å². The van der Waals surface area contributed by atoms with Crippen molar-refractivity contribution in [1.29, 1.82) is 0 Å². The summed E-state index contributed by atoms with van der Waals surface area (Å²) in [5.74, 6) is 0.713. The molecule has 304 valence electrons. The first kappa shape index (κ1) is 39.3. The second-order valence-electron chi connectivity index (χ2n) is 16.0. The van der Waals surface area contributed by atoms with E-state index in [1.807, 2.05) is 71.8 Å². The van der Waals surface area contributed by atoms with Gasteiger partial charge in [-0.05, 0) is 79.5 Å². The lowest BCUT2D eigenvalue weighted by molar-refractivity contribution is -0.139. The molecule has 0 radical (unpaired) electrons. The number of nitrogens with zero attached hydrogens (tertiary/aromatic N) is 4. The summed E-state index contributed by atoms with van der Waals surface area (Å²) in [7, 11) is 0. The first-order valence-electron chi connectivity index (χ1n) is 20.9. The van der Waals surface area contributed by atoms with Gasteiger partial charge in [0.05, 0.1) is 31.1 Å². The van der Waals surface area contributed by atoms with E-state index in [9.17, 15) is 19.2 Å². The maximum Gasteiger partial charge on any atom is 0.318 e. The van der Waals surface area contributed by atoms with Gasteiger partial charge in [-0.3, -0.25) is 14.4 Å². The molecule has 1 aromatic heterocycles. The summed E-state index contributed by atoms with van der Waals surface area (Å²) in [5.41, 5.74) is 11.0. The smallest absolute Gasteiger partial charge is 0.318 e. The molecule has 4 aromatic rings. The Morgan fingerprint density at radius 2 is 1.40 bits per heavy atom. The highest BCUT2D eigenvalue weighted by molar-refractivity contribution is 5.91. The number of aromatic amines is 1. The molecule has 13 nitrogen and oxygen atoms in total. The third-order valence-electron chi connectivity index (χ3n) is 12.4. The van der Waals surface area contributed by atoms with E-state index in [2.05, 4.69) is 39.9 Å². The SMILES string of the molecule is N[C@@H](C(=O)N1CCC[C@H]1C(=O)N[C@H]1CC[C@H](c2ccc(-c3cnc([C@@H]4CCCN4C(=O)[C@H](NC(=O)N4CCOCC4)c4ccccc4)[nH]3)cc2)CC1)c1ccccc1. The van der Waals surface area contributed by atoms with Gasteiger partial charge in [-0.15, -0.1) is 0 Å². The van der Waals surface area contributed by atoms with Crippen LogP contribution in [-0.2, 0) is 19.1 Å². The summed E-state index contributed by atoms with van der Waals surface area (Å²) in [6, 6.07) is 24.9. The monoisotopic (exact) mass is 786 g/mol. The van der Waals surface area contributed by atoms with Crippen molar-refractivity contribution in [2.75, 3.05) is 39.4 Å². The van der Waals surface area contributed by atoms with Crippen LogP contribution in [0.3, 0.4) is 0 Å². The van der Waals surface area contributed by atoms with Crippen LogP contribution in [0, 0.1) is 0 Å². The van der Waals surface area contributed by atoms with Crippen molar-refractivity contribution < 1.29 is 23.9 Å². The van der Waals surface area contributed by atoms with Crippen molar-refractivity contribution in [3.63, 3.8) is 0 Å². The fraction of sp³-hybridized carbons (Fsp3) is 0.444. The summed E-state index contributed by atoms with van der Waals surface area (Å²) in [6.07, 6.45) is 8.59. The van der Waals surface area contributed by atoms with E-state index < -0.39 is 18.1 Å². The maximum absolute atomic E-state index is 14.2. The molecule has 1 aliphatic carbocycles. The van der Waals surface area contributed by atoms with Crippen molar-refractivity contribution in [3.05, 3.63) is 114 Å². The number of morpholine rings is 1. The van der Waals surface area contributed by atoms with E-state index in [1.165, 1.54) is 5.56 Å². The minimum Gasteiger partial charge on any atom is -0.378 e. The number of imidazole rings is 1. The number of likely N-dealkylation sites (tertiary alicyclic amines) is 2. The summed E-state index contributed by atoms with van der Waals surface area (Å²) >= 11 is 0. The number of carbonyl (C=O) groups is 4. The zero-order chi connectivity index (χ0) is 40.0. The number of aromatic nitrogens is 2. The fourth-order valence-electron chi connectivity index (χ4n) is 9.14. The Labute approximate surface area is 339 Å². The molecule has 4 fully saturated rings. The zero-order valence-corrected chi connectivity index (χ0v) is 32.9. The van der Waals surface area contributed by atoms with Crippen LogP contribution < -0.4 is 16.4 Å². The molecule has 3 saturated heterocycles. The van der Waals surface area contributed by atoms with Crippen molar-refractivity contribution in [2.45, 2.75) is 87.5 Å². The van der Waals surface area contributed by atoms with Gasteiger partial charge in [0.15, 0.2) is 0 Å². The third-order valence-corrected chi connectivity index (χ3v) is 12.4. The molecule has 3 aromatic carbocycles. The molecule has 4 atom stereocenters. The average Bonchev–Trinajstić information content (AvgIpc) is 4.08. The highest BCUT2D eigenvalue weighted by Gasteiger charge is 2.39. The number of amides is 5. The van der Waals surface area contributed by atoms with Gasteiger partial charge >= 0.3 is 6.03 Å². The minimum absolute atomic E-state index is 0.0745. The van der Waals surface area contributed by atoms with Crippen LogP contribution >= 0.6 is 0 Å². The molecule has 13 heteroatoms. The Balaban J connectivity index is 0.857. The predicted molar refractivity (Wildman–Crippen MR) is 219 cm³/mol. The summed E-state index contributed by atoms with van der Waals surface area (Å²) in [4.78, 5) is 67.7. The Morgan fingerprint density at radius 1 is 0.741 bits per heavy atom. The van der Waals surface area contributed by atoms with Gasteiger partial charge in [-0.1, -0.05) is 84.9 Å². The van der Waals surface area contributed by atoms with Gasteiger partial charge < -0.3 is 40.8 Å². The number of nitrogens with one attached hydrogen (secondary N) is 3. The van der Waals surface area contributed by atoms with Crippen LogP contribution in [0.2, 0.25) is 0 Å². The number of carbonyl (C=O) groups excluding carboxylic acids is 4. The average molecular weight is 787 g/mol. The van der Waals surface area contributed by atoms with E-state index in [0.29, 0.717) is 51.7 Å². The second kappa shape index (κ2) is 17.9. The standard InChI is InChI=1S/C45H54N8O5/c46-39(33-9-3-1-4-10-33)43(55)53-24-8-14-38(53)42(54)48-35-21-19-31(20-22-35)30-15-17-32(18-16-30)36-29-47-41(49-36)37-13-7-23-52(37)44(56)40(34-11-5-2-6-12-34)50-45(57)51-25-27-58-28-26-51/h1-6,9-12,15-18,29,31,35,37-40H,7-8,13-14,19-28,46H2,(H,47,49)(H,48,54)(H,50,57)/t31-,35-,37-,38-,39+,40+/m0/s1. The molecule has 0 unspecified atom stereocenters. The normalized spacial score (nSPS) is 23.3. The first-order valence-corrected chi connectivity index (χ1v) is 20.9. The zero-order valence-electron chi connectivity index (χ0n) is 32.9. The van der Waals surface area contributed by atoms with Crippen LogP contribution in [0.4, 0.5) is 4.79 Å². The number of rotatable bonds is 10. The molecule has 58 heavy (non-hydrogen) atoms. The summed E-state index contributed by atoms with van der Waals surface area (Å²) < 4.78 is 5.42. The molecule has 0 spiro atoms. The Bertz CT molecular complexity index is 2030. The van der Waals surface area contributed by atoms with Crippen LogP contribution in [0.1, 0.15) is 97.9 Å². The molecule has 0 bridgehead atoms. The maximum atomic E-state index is 14.2. The molecule has 5 amide bonds. The van der Waals surface area contributed by atoms with Crippen molar-refractivity contribution >= 4 is 23.8 Å². The molecule has 4 aliphatic rings. The molecule has 4 heterocycles. The topological polar surface area (TPSA) is 166 Å². The van der Waals surface area contributed by atoms with Gasteiger partial charge in [0, 0.05) is 32.2 Å². The Morgan fingerprint density at radius 3 is 2.10 bits per heavy atom. The lowest BCUT2D eigenvalue weighted by Gasteiger charge is -2.32. The van der Waals surface area contributed by atoms with Crippen molar-refractivity contribution in [3.8, 4) is 11.3 Å². The van der Waals surface area contributed by atoms with Gasteiger partial charge in [0.2, 0.25) is 17.7 Å². The highest BCUT2D eigenvalue weighted by atomic mass is 16.5. The number of benzene rings is 3. The quantitative estimate of drug-likeness (QED) is 0.168. The number of hydrogen-bond acceptors (Lipinski definition) is 7. The van der Waals surface area contributed by atoms with Crippen molar-refractivity contribution in [1.82, 2.24) is 35.3 Å². The summed E-state index contributed by atoms with van der Waals surface area (Å²) in [6.45, 7) is 3.07. The summed E-state index contributed by atoms with van der Waals surface area (Å²) in [5, 5.41) is 6.29. The van der Waals surface area contributed by atoms with E-state index in [-0.39, 0.29) is 35.8 Å². The number of hydrogen-bond donors (Lipinski definition) is 4. The third kappa shape index (κ3) is 8.65. The first-order chi connectivity index (χ1) is 28.3. The molecular formula is C45H54N8O5. The molecule has 5 N–H and O–H groups in total. The number of H-pyrrole nitrogens is 1. The van der Waals surface area contributed by atoms with Crippen molar-refractivity contribution in [2.24, 2.45) is 5.73 Å². The van der Waals surface area contributed by atoms with Crippen LogP contribution in [-0.4, -0.2) is 99.9 Å². The Hall–Kier alpha value is -5.53. The number of urea groups is 1. The molecule has 3 aliphatic heterocycles. The van der Waals surface area contributed by atoms with Crippen LogP contribution in [0.5, 0.6) is 0 Å². The minimum atomic E-state index is -0.816. The highest BCUT2D eigenvalue weighted by Crippen LogP contribution is 2.36. The Kier molecular flexibility index (Phi) is 12.2. The molecule has 8 rings (SSSR count). The molecular weight excluding hydrogens is 733 g/mol. The van der Waals surface area contributed by atoms with Crippen LogP contribution in [0.15, 0.2) is 91.1 Å². The lowest BCUT2D eigenvalue weighted by Crippen LogP contribution is -2.51.